The molecule has 1 unspecified atom stereocenters. The van der Waals surface area contributed by atoms with Gasteiger partial charge in [-0.05, 0) is 44.1 Å². The Bertz CT molecular complexity index is 520. The lowest BCUT2D eigenvalue weighted by atomic mass is 10.1. The number of piperidine rings is 1. The van der Waals surface area contributed by atoms with Crippen molar-refractivity contribution in [2.24, 2.45) is 17.8 Å². The van der Waals surface area contributed by atoms with Crippen LogP contribution in [-0.2, 0) is 4.74 Å². The molecule has 2 heterocycles. The molecule has 5 heteroatoms. The molecule has 1 saturated carbocycles. The number of carbonyl (C=O) groups excluding carboxylic acids is 2. The molecular weight excluding hydrogens is 274 g/mol. The number of fused-ring (bicyclic) bond motifs is 1. The molecule has 108 valence electrons. The lowest BCUT2D eigenvalue weighted by molar-refractivity contribution is 0.0264. The van der Waals surface area contributed by atoms with Gasteiger partial charge in [-0.1, -0.05) is 6.07 Å². The van der Waals surface area contributed by atoms with E-state index in [1.807, 2.05) is 38.3 Å². The average Bonchev–Trinajstić information content (AvgIpc) is 2.78. The third kappa shape index (κ3) is 2.46. The van der Waals surface area contributed by atoms with Crippen molar-refractivity contribution in [1.29, 1.82) is 0 Å². The minimum Gasteiger partial charge on any atom is -0.444 e. The molecule has 0 spiro atoms. The highest BCUT2D eigenvalue weighted by Crippen LogP contribution is 2.53. The number of amides is 1. The topological polar surface area (TPSA) is 46.6 Å². The lowest BCUT2D eigenvalue weighted by Crippen LogP contribution is -2.37. The number of ether oxygens (including phenoxy) is 1. The number of carbonyl (C=O) groups is 2. The number of likely N-dealkylation sites (tertiary alicyclic amines) is 1. The predicted octanol–water partition coefficient (Wildman–Crippen LogP) is 3.04. The summed E-state index contributed by atoms with van der Waals surface area (Å²) in [6.07, 6.45) is -0.257. The molecule has 4 nitrogen and oxygen atoms in total. The fourth-order valence-electron chi connectivity index (χ4n) is 2.97. The molecule has 20 heavy (non-hydrogen) atoms. The van der Waals surface area contributed by atoms with Crippen LogP contribution in [0.1, 0.15) is 30.4 Å². The van der Waals surface area contributed by atoms with Crippen LogP contribution in [0.2, 0.25) is 0 Å². The molecule has 0 N–H and O–H groups in total. The van der Waals surface area contributed by atoms with E-state index in [4.69, 9.17) is 4.74 Å². The van der Waals surface area contributed by atoms with Crippen LogP contribution >= 0.6 is 11.3 Å². The van der Waals surface area contributed by atoms with Crippen molar-refractivity contribution >= 4 is 23.2 Å². The summed E-state index contributed by atoms with van der Waals surface area (Å²) in [6.45, 7) is 6.91. The zero-order chi connectivity index (χ0) is 14.5. The van der Waals surface area contributed by atoms with E-state index < -0.39 is 5.60 Å². The number of nitrogens with zero attached hydrogens (tertiary/aromatic N) is 1. The standard InChI is InChI=1S/C15H19NO3S/c1-15(2,3)19-14(18)16-7-9-10(8-16)12(9)13(17)11-5-4-6-20-11/h4-6,9-10,12H,7-8H2,1-3H3/t9-,10+,12?. The number of hydrogen-bond acceptors (Lipinski definition) is 4. The van der Waals surface area contributed by atoms with Crippen LogP contribution < -0.4 is 0 Å². The highest BCUT2D eigenvalue weighted by Gasteiger charge is 2.60. The molecule has 0 aromatic carbocycles. The lowest BCUT2D eigenvalue weighted by Gasteiger charge is -2.25. The summed E-state index contributed by atoms with van der Waals surface area (Å²) in [7, 11) is 0. The maximum atomic E-state index is 12.3. The minimum absolute atomic E-state index is 0.118. The maximum Gasteiger partial charge on any atom is 0.410 e. The zero-order valence-electron chi connectivity index (χ0n) is 12.0. The fraction of sp³-hybridized carbons (Fsp3) is 0.600. The Labute approximate surface area is 122 Å². The van der Waals surface area contributed by atoms with Gasteiger partial charge in [0.1, 0.15) is 5.60 Å². The average molecular weight is 293 g/mol. The van der Waals surface area contributed by atoms with Gasteiger partial charge in [0.2, 0.25) is 0 Å². The fourth-order valence-corrected chi connectivity index (χ4v) is 3.69. The number of ketones is 1. The quantitative estimate of drug-likeness (QED) is 0.787. The number of hydrogen-bond donors (Lipinski definition) is 0. The second kappa shape index (κ2) is 4.58. The Balaban J connectivity index is 1.56. The highest BCUT2D eigenvalue weighted by molar-refractivity contribution is 7.12. The van der Waals surface area contributed by atoms with Crippen molar-refractivity contribution in [3.05, 3.63) is 22.4 Å². The molecule has 1 saturated heterocycles. The van der Waals surface area contributed by atoms with Gasteiger partial charge in [-0.15, -0.1) is 11.3 Å². The van der Waals surface area contributed by atoms with Gasteiger partial charge in [-0.25, -0.2) is 4.79 Å². The van der Waals surface area contributed by atoms with Gasteiger partial charge >= 0.3 is 6.09 Å². The van der Waals surface area contributed by atoms with Crippen molar-refractivity contribution in [3.63, 3.8) is 0 Å². The Morgan fingerprint density at radius 1 is 1.30 bits per heavy atom. The molecule has 1 aliphatic heterocycles. The number of rotatable bonds is 2. The molecule has 0 bridgehead atoms. The van der Waals surface area contributed by atoms with E-state index in [9.17, 15) is 9.59 Å². The first-order chi connectivity index (χ1) is 9.37. The molecule has 1 amide bonds. The Hall–Kier alpha value is -1.36. The van der Waals surface area contributed by atoms with Gasteiger partial charge in [0.15, 0.2) is 5.78 Å². The van der Waals surface area contributed by atoms with Crippen LogP contribution in [-0.4, -0.2) is 35.5 Å². The molecule has 1 aromatic rings. The maximum absolute atomic E-state index is 12.3. The van der Waals surface area contributed by atoms with E-state index in [2.05, 4.69) is 0 Å². The molecule has 2 aliphatic rings. The zero-order valence-corrected chi connectivity index (χ0v) is 12.8. The van der Waals surface area contributed by atoms with Gasteiger partial charge in [0, 0.05) is 19.0 Å². The second-order valence-electron chi connectivity index (χ2n) is 6.58. The van der Waals surface area contributed by atoms with Crippen molar-refractivity contribution in [3.8, 4) is 0 Å². The first-order valence-corrected chi connectivity index (χ1v) is 7.80. The molecule has 2 fully saturated rings. The van der Waals surface area contributed by atoms with Crippen LogP contribution in [0.25, 0.3) is 0 Å². The second-order valence-corrected chi connectivity index (χ2v) is 7.53. The van der Waals surface area contributed by atoms with Crippen molar-refractivity contribution in [1.82, 2.24) is 4.90 Å². The molecule has 3 atom stereocenters. The van der Waals surface area contributed by atoms with Crippen molar-refractivity contribution in [2.45, 2.75) is 26.4 Å². The summed E-state index contributed by atoms with van der Waals surface area (Å²) in [5.74, 6) is 1.03. The van der Waals surface area contributed by atoms with Gasteiger partial charge in [0.05, 0.1) is 4.88 Å². The smallest absolute Gasteiger partial charge is 0.410 e. The van der Waals surface area contributed by atoms with Gasteiger partial charge in [-0.2, -0.15) is 0 Å². The third-order valence-corrected chi connectivity index (χ3v) is 4.80. The minimum atomic E-state index is -0.462. The number of Topliss-reactive ketones (excluding diaryl/α,β-unsaturated/α-hetero) is 1. The SMILES string of the molecule is CC(C)(C)OC(=O)N1C[C@@H]2C(C(=O)c3cccs3)[C@@H]2C1. The normalized spacial score (nSPS) is 28.1. The Morgan fingerprint density at radius 2 is 1.95 bits per heavy atom. The molecule has 0 radical (unpaired) electrons. The third-order valence-electron chi connectivity index (χ3n) is 3.91. The highest BCUT2D eigenvalue weighted by atomic mass is 32.1. The number of thiophene rings is 1. The summed E-state index contributed by atoms with van der Waals surface area (Å²) < 4.78 is 5.36. The van der Waals surface area contributed by atoms with E-state index in [0.717, 1.165) is 4.88 Å². The van der Waals surface area contributed by atoms with Crippen molar-refractivity contribution in [2.75, 3.05) is 13.1 Å². The van der Waals surface area contributed by atoms with Gasteiger partial charge < -0.3 is 9.64 Å². The molecule has 1 aliphatic carbocycles. The summed E-state index contributed by atoms with van der Waals surface area (Å²) in [5.41, 5.74) is -0.462. The summed E-state index contributed by atoms with van der Waals surface area (Å²) >= 11 is 1.50. The van der Waals surface area contributed by atoms with Crippen molar-refractivity contribution < 1.29 is 14.3 Å². The monoisotopic (exact) mass is 293 g/mol. The molecule has 1 aromatic heterocycles. The largest absolute Gasteiger partial charge is 0.444 e. The van der Waals surface area contributed by atoms with Crippen LogP contribution in [0, 0.1) is 17.8 Å². The van der Waals surface area contributed by atoms with E-state index in [1.165, 1.54) is 11.3 Å². The molecular formula is C15H19NO3S. The van der Waals surface area contributed by atoms with Crippen LogP contribution in [0.3, 0.4) is 0 Å². The Kier molecular flexibility index (Phi) is 3.12. The van der Waals surface area contributed by atoms with E-state index in [1.54, 1.807) is 4.90 Å². The first-order valence-electron chi connectivity index (χ1n) is 6.92. The van der Waals surface area contributed by atoms with Crippen LogP contribution in [0.4, 0.5) is 4.79 Å². The first kappa shape index (κ1) is 13.6. The van der Waals surface area contributed by atoms with Crippen LogP contribution in [0.5, 0.6) is 0 Å². The van der Waals surface area contributed by atoms with Crippen LogP contribution in [0.15, 0.2) is 17.5 Å². The van der Waals surface area contributed by atoms with Gasteiger partial charge in [0.25, 0.3) is 0 Å². The summed E-state index contributed by atoms with van der Waals surface area (Å²) in [5, 5.41) is 1.93. The van der Waals surface area contributed by atoms with Gasteiger partial charge in [-0.3, -0.25) is 4.79 Å². The molecule has 3 rings (SSSR count). The van der Waals surface area contributed by atoms with E-state index >= 15 is 0 Å². The summed E-state index contributed by atoms with van der Waals surface area (Å²) in [6, 6.07) is 3.79. The predicted molar refractivity (Wildman–Crippen MR) is 76.9 cm³/mol. The summed E-state index contributed by atoms with van der Waals surface area (Å²) in [4.78, 5) is 26.8. The Morgan fingerprint density at radius 3 is 2.45 bits per heavy atom. The van der Waals surface area contributed by atoms with E-state index in [-0.39, 0.29) is 17.8 Å². The van der Waals surface area contributed by atoms with E-state index in [0.29, 0.717) is 24.9 Å².